The lowest BCUT2D eigenvalue weighted by Gasteiger charge is -2.71. The Morgan fingerprint density at radius 3 is 2.29 bits per heavy atom. The van der Waals surface area contributed by atoms with Crippen molar-refractivity contribution in [1.29, 1.82) is 0 Å². The normalized spacial score (nSPS) is 43.4. The van der Waals surface area contributed by atoms with Crippen LogP contribution in [-0.4, -0.2) is 35.6 Å². The maximum absolute atomic E-state index is 13.8. The Bertz CT molecular complexity index is 1160. The molecule has 0 radical (unpaired) electrons. The number of hydrogen-bond donors (Lipinski definition) is 2. The number of carbonyl (C=O) groups is 3. The molecule has 0 heterocycles. The summed E-state index contributed by atoms with van der Waals surface area (Å²) in [5.41, 5.74) is 1.36. The molecule has 5 rings (SSSR count). The Hall–Kier alpha value is -1.85. The summed E-state index contributed by atoms with van der Waals surface area (Å²) < 4.78 is 6.13. The molecular formula is C36H57NO5. The minimum Gasteiger partial charge on any atom is -0.480 e. The average molecular weight is 584 g/mol. The van der Waals surface area contributed by atoms with Crippen LogP contribution < -0.4 is 5.32 Å². The van der Waals surface area contributed by atoms with Crippen molar-refractivity contribution in [2.45, 2.75) is 139 Å². The molecule has 6 heteroatoms. The van der Waals surface area contributed by atoms with Crippen molar-refractivity contribution >= 4 is 17.8 Å². The average Bonchev–Trinajstić information content (AvgIpc) is 2.89. The largest absolute Gasteiger partial charge is 0.480 e. The van der Waals surface area contributed by atoms with Gasteiger partial charge in [-0.15, -0.1) is 0 Å². The zero-order valence-corrected chi connectivity index (χ0v) is 27.7. The summed E-state index contributed by atoms with van der Waals surface area (Å²) in [6, 6.07) is 0. The number of fused-ring (bicyclic) bond motifs is 7. The number of hydrogen-bond acceptors (Lipinski definition) is 4. The molecule has 42 heavy (non-hydrogen) atoms. The summed E-state index contributed by atoms with van der Waals surface area (Å²) in [7, 11) is 0. The fraction of sp³-hybridized carbons (Fsp3) is 0.861. The van der Waals surface area contributed by atoms with Crippen LogP contribution in [0.5, 0.6) is 0 Å². The minimum absolute atomic E-state index is 0.00709. The fourth-order valence-corrected chi connectivity index (χ4v) is 11.6. The third-order valence-corrected chi connectivity index (χ3v) is 14.2. The van der Waals surface area contributed by atoms with Gasteiger partial charge in [-0.2, -0.15) is 0 Å². The SMILES string of the molecule is CCCC(=O)O[C@@H]1CC[C@@]2(C)C(CC[C@]3(C)C2CC=C2C4CC(C)(C)CC[C@]4(C(=O)NCC(=O)O)CC[C@]23C)C1(C)C. The van der Waals surface area contributed by atoms with E-state index in [1.54, 1.807) is 0 Å². The van der Waals surface area contributed by atoms with E-state index in [-0.39, 0.29) is 57.5 Å². The second kappa shape index (κ2) is 10.4. The Balaban J connectivity index is 1.49. The molecule has 4 fully saturated rings. The van der Waals surface area contributed by atoms with Gasteiger partial charge in [-0.25, -0.2) is 0 Å². The molecule has 4 saturated carbocycles. The maximum Gasteiger partial charge on any atom is 0.322 e. The molecule has 3 unspecified atom stereocenters. The molecule has 2 N–H and O–H groups in total. The number of aliphatic carboxylic acids is 1. The highest BCUT2D eigenvalue weighted by molar-refractivity contribution is 5.87. The summed E-state index contributed by atoms with van der Waals surface area (Å²) in [5, 5.41) is 12.1. The van der Waals surface area contributed by atoms with Gasteiger partial charge < -0.3 is 15.2 Å². The van der Waals surface area contributed by atoms with E-state index < -0.39 is 11.4 Å². The van der Waals surface area contributed by atoms with Crippen molar-refractivity contribution in [3.05, 3.63) is 11.6 Å². The van der Waals surface area contributed by atoms with Gasteiger partial charge in [0.05, 0.1) is 5.41 Å². The molecule has 5 aliphatic rings. The van der Waals surface area contributed by atoms with E-state index in [2.05, 4.69) is 59.9 Å². The van der Waals surface area contributed by atoms with Crippen LogP contribution in [0.4, 0.5) is 0 Å². The highest BCUT2D eigenvalue weighted by Gasteiger charge is 2.69. The van der Waals surface area contributed by atoms with Gasteiger partial charge in [0.2, 0.25) is 5.91 Å². The van der Waals surface area contributed by atoms with Gasteiger partial charge in [0.15, 0.2) is 0 Å². The molecule has 1 amide bonds. The topological polar surface area (TPSA) is 92.7 Å². The maximum atomic E-state index is 13.8. The number of esters is 1. The van der Waals surface area contributed by atoms with E-state index in [9.17, 15) is 19.5 Å². The van der Waals surface area contributed by atoms with Crippen LogP contribution in [0, 0.1) is 50.2 Å². The van der Waals surface area contributed by atoms with E-state index in [1.165, 1.54) is 5.57 Å². The summed E-state index contributed by atoms with van der Waals surface area (Å²) >= 11 is 0. The zero-order chi connectivity index (χ0) is 30.9. The lowest BCUT2D eigenvalue weighted by Crippen LogP contribution is -2.65. The molecule has 6 nitrogen and oxygen atoms in total. The van der Waals surface area contributed by atoms with E-state index in [0.29, 0.717) is 18.3 Å². The van der Waals surface area contributed by atoms with Gasteiger partial charge in [0.1, 0.15) is 12.6 Å². The zero-order valence-electron chi connectivity index (χ0n) is 27.7. The van der Waals surface area contributed by atoms with E-state index in [0.717, 1.165) is 70.6 Å². The van der Waals surface area contributed by atoms with Crippen molar-refractivity contribution in [2.75, 3.05) is 6.54 Å². The predicted octanol–water partition coefficient (Wildman–Crippen LogP) is 7.70. The summed E-state index contributed by atoms with van der Waals surface area (Å²) in [5.74, 6) is 0.104. The van der Waals surface area contributed by atoms with Crippen LogP contribution in [0.25, 0.3) is 0 Å². The van der Waals surface area contributed by atoms with Crippen molar-refractivity contribution in [1.82, 2.24) is 5.32 Å². The lowest BCUT2D eigenvalue weighted by molar-refractivity contribution is -0.213. The number of carbonyl (C=O) groups excluding carboxylic acids is 2. The van der Waals surface area contributed by atoms with Crippen LogP contribution in [0.2, 0.25) is 0 Å². The van der Waals surface area contributed by atoms with Crippen molar-refractivity contribution in [3.63, 3.8) is 0 Å². The van der Waals surface area contributed by atoms with E-state index in [1.807, 2.05) is 6.92 Å². The Kier molecular flexibility index (Phi) is 7.79. The molecule has 0 bridgehead atoms. The first-order valence-electron chi connectivity index (χ1n) is 16.9. The first-order valence-corrected chi connectivity index (χ1v) is 16.9. The van der Waals surface area contributed by atoms with Gasteiger partial charge >= 0.3 is 11.9 Å². The highest BCUT2D eigenvalue weighted by Crippen LogP contribution is 2.75. The predicted molar refractivity (Wildman–Crippen MR) is 164 cm³/mol. The van der Waals surface area contributed by atoms with Crippen LogP contribution in [-0.2, 0) is 19.1 Å². The third-order valence-electron chi connectivity index (χ3n) is 14.2. The first-order chi connectivity index (χ1) is 19.5. The van der Waals surface area contributed by atoms with Crippen LogP contribution in [0.3, 0.4) is 0 Å². The first kappa shape index (κ1) is 31.6. The molecule has 8 atom stereocenters. The third kappa shape index (κ3) is 4.59. The Morgan fingerprint density at radius 1 is 0.929 bits per heavy atom. The number of allylic oxidation sites excluding steroid dienone is 2. The van der Waals surface area contributed by atoms with Gasteiger partial charge in [-0.1, -0.05) is 67.0 Å². The molecular weight excluding hydrogens is 526 g/mol. The number of carboxylic acids is 1. The summed E-state index contributed by atoms with van der Waals surface area (Å²) in [4.78, 5) is 37.7. The molecule has 0 aromatic rings. The minimum atomic E-state index is -0.983. The molecule has 0 aromatic carbocycles. The van der Waals surface area contributed by atoms with Crippen molar-refractivity contribution in [2.24, 2.45) is 50.2 Å². The number of ether oxygens (including phenoxy) is 1. The van der Waals surface area contributed by atoms with Gasteiger partial charge in [0, 0.05) is 11.8 Å². The standard InChI is InChI=1S/C36H57NO5/c1-9-10-29(40)42-27-14-15-33(6)25(32(27,4)5)13-16-35(8)26(33)12-11-23-24-21-31(2,3)17-19-36(24,20-18-34(23,35)7)30(41)37-22-28(38)39/h11,24-27H,9-10,12-22H2,1-8H3,(H,37,41)(H,38,39)/t24?,25?,26?,27-,33+,34-,35-,36+/m1/s1. The van der Waals surface area contributed by atoms with E-state index >= 15 is 0 Å². The molecule has 0 spiro atoms. The molecule has 236 valence electrons. The highest BCUT2D eigenvalue weighted by atomic mass is 16.5. The summed E-state index contributed by atoms with van der Waals surface area (Å²) in [6.45, 7) is 18.7. The van der Waals surface area contributed by atoms with Crippen LogP contribution in [0.1, 0.15) is 132 Å². The molecule has 0 saturated heterocycles. The number of amides is 1. The fourth-order valence-electron chi connectivity index (χ4n) is 11.6. The van der Waals surface area contributed by atoms with Gasteiger partial charge in [-0.05, 0) is 110 Å². The van der Waals surface area contributed by atoms with E-state index in [4.69, 9.17) is 4.74 Å². The van der Waals surface area contributed by atoms with Gasteiger partial charge in [0.25, 0.3) is 0 Å². The van der Waals surface area contributed by atoms with Crippen molar-refractivity contribution in [3.8, 4) is 0 Å². The Morgan fingerprint density at radius 2 is 1.62 bits per heavy atom. The molecule has 5 aliphatic carbocycles. The lowest BCUT2D eigenvalue weighted by atomic mass is 9.33. The summed E-state index contributed by atoms with van der Waals surface area (Å²) in [6.07, 6.45) is 13.8. The second-order valence-corrected chi connectivity index (χ2v) is 17.0. The van der Waals surface area contributed by atoms with Crippen LogP contribution in [0.15, 0.2) is 11.6 Å². The number of carboxylic acid groups (broad SMARTS) is 1. The van der Waals surface area contributed by atoms with Gasteiger partial charge in [-0.3, -0.25) is 14.4 Å². The number of rotatable bonds is 6. The van der Waals surface area contributed by atoms with Crippen LogP contribution >= 0.6 is 0 Å². The number of nitrogens with one attached hydrogen (secondary N) is 1. The van der Waals surface area contributed by atoms with Crippen molar-refractivity contribution < 1.29 is 24.2 Å². The second-order valence-electron chi connectivity index (χ2n) is 17.0. The quantitative estimate of drug-likeness (QED) is 0.247. The molecule has 0 aromatic heterocycles. The monoisotopic (exact) mass is 583 g/mol. The smallest absolute Gasteiger partial charge is 0.322 e. The Labute approximate surface area is 254 Å². The molecule has 0 aliphatic heterocycles.